The first-order valence-electron chi connectivity index (χ1n) is 15.1. The summed E-state index contributed by atoms with van der Waals surface area (Å²) in [7, 11) is -3.99. The van der Waals surface area contributed by atoms with Crippen LogP contribution in [0.5, 0.6) is 0 Å². The van der Waals surface area contributed by atoms with E-state index < -0.39 is 56.0 Å². The van der Waals surface area contributed by atoms with Gasteiger partial charge in [-0.25, -0.2) is 9.48 Å². The summed E-state index contributed by atoms with van der Waals surface area (Å²) in [5, 5.41) is 23.6. The minimum Gasteiger partial charge on any atom is -0.465 e. The number of amides is 1. The molecule has 15 nitrogen and oxygen atoms in total. The van der Waals surface area contributed by atoms with Crippen LogP contribution in [0, 0.1) is 0 Å². The fourth-order valence-corrected chi connectivity index (χ4v) is 8.49. The molecular formula is C28H41ClN5O10P. The number of nitrogens with zero attached hydrogens (tertiary/aromatic N) is 5. The molecular weight excluding hydrogens is 633 g/mol. The van der Waals surface area contributed by atoms with Crippen molar-refractivity contribution in [3.8, 4) is 0 Å². The summed E-state index contributed by atoms with van der Waals surface area (Å²) in [6.07, 6.45) is 1.97. The highest BCUT2D eigenvalue weighted by atomic mass is 35.5. The summed E-state index contributed by atoms with van der Waals surface area (Å²) in [6.45, 7) is 9.87. The van der Waals surface area contributed by atoms with Crippen LogP contribution in [-0.2, 0) is 32.6 Å². The van der Waals surface area contributed by atoms with Crippen molar-refractivity contribution in [2.45, 2.75) is 102 Å². The maximum atomic E-state index is 13.9. The van der Waals surface area contributed by atoms with Crippen LogP contribution < -0.4 is 4.90 Å². The normalized spacial score (nSPS) is 26.3. The van der Waals surface area contributed by atoms with Gasteiger partial charge in [0, 0.05) is 12.5 Å². The highest BCUT2D eigenvalue weighted by Crippen LogP contribution is 2.62. The van der Waals surface area contributed by atoms with E-state index >= 15 is 0 Å². The van der Waals surface area contributed by atoms with E-state index in [0.717, 1.165) is 12.8 Å². The second-order valence-corrected chi connectivity index (χ2v) is 14.3. The van der Waals surface area contributed by atoms with Crippen LogP contribution >= 0.6 is 19.2 Å². The quantitative estimate of drug-likeness (QED) is 0.158. The van der Waals surface area contributed by atoms with Gasteiger partial charge in [-0.05, 0) is 52.1 Å². The number of ether oxygens (including phenoxy) is 4. The molecule has 1 aliphatic carbocycles. The first-order chi connectivity index (χ1) is 21.4. The van der Waals surface area contributed by atoms with Gasteiger partial charge in [0.1, 0.15) is 18.3 Å². The third kappa shape index (κ3) is 6.39. The van der Waals surface area contributed by atoms with E-state index in [0.29, 0.717) is 18.2 Å². The molecule has 2 aliphatic heterocycles. The number of rotatable bonds is 14. The Morgan fingerprint density at radius 1 is 1.24 bits per heavy atom. The summed E-state index contributed by atoms with van der Waals surface area (Å²) in [4.78, 5) is 22.3. The average Bonchev–Trinajstić information content (AvgIpc) is 3.76. The van der Waals surface area contributed by atoms with Gasteiger partial charge in [0.25, 0.3) is 0 Å². The Kier molecular flexibility index (Phi) is 10.2. The number of aliphatic hydroxyl groups is 1. The molecule has 0 radical (unpaired) electrons. The lowest BCUT2D eigenvalue weighted by molar-refractivity contribution is -0.207. The second kappa shape index (κ2) is 13.5. The van der Waals surface area contributed by atoms with E-state index in [9.17, 15) is 19.6 Å². The molecule has 0 bridgehead atoms. The van der Waals surface area contributed by atoms with Crippen molar-refractivity contribution in [2.24, 2.45) is 0 Å². The summed E-state index contributed by atoms with van der Waals surface area (Å²) >= 11 is 6.36. The van der Waals surface area contributed by atoms with Crippen LogP contribution in [0.15, 0.2) is 18.9 Å². The number of anilines is 1. The third-order valence-corrected chi connectivity index (χ3v) is 11.0. The molecule has 1 unspecified atom stereocenters. The predicted octanol–water partition coefficient (Wildman–Crippen LogP) is 4.87. The van der Waals surface area contributed by atoms with Crippen molar-refractivity contribution < 1.29 is 47.6 Å². The molecule has 45 heavy (non-hydrogen) atoms. The monoisotopic (exact) mass is 673 g/mol. The standard InChI is InChI=1S/C28H41ClN5O10P/c1-6-13-28(16-35,45(38,40-7-2)41-8-3)39-15-19-20-21(44-27(4,5)43-20)24(42-19)34-23-18(14-30-34)22(31-25(29)32-23)33(26(36)37)17-11-9-10-12-17/h6,14,17,19-21,24,35H,1,7-13,15-16H2,2-5H3,(H,36,37)/t19-,20-,21-,24-,28?/m1/s1. The number of carbonyl (C=O) groups is 1. The molecule has 17 heteroatoms. The molecule has 2 aromatic rings. The van der Waals surface area contributed by atoms with Crippen LogP contribution in [-0.4, -0.2) is 98.0 Å². The largest absolute Gasteiger partial charge is 0.465 e. The number of halogens is 1. The van der Waals surface area contributed by atoms with Gasteiger partial charge in [-0.1, -0.05) is 18.9 Å². The Morgan fingerprint density at radius 2 is 1.91 bits per heavy atom. The first-order valence-corrected chi connectivity index (χ1v) is 17.0. The molecule has 0 aromatic carbocycles. The number of aliphatic hydroxyl groups excluding tert-OH is 1. The lowest BCUT2D eigenvalue weighted by atomic mass is 10.1. The molecule has 5 rings (SSSR count). The predicted molar refractivity (Wildman–Crippen MR) is 162 cm³/mol. The van der Waals surface area contributed by atoms with Gasteiger partial charge < -0.3 is 38.2 Å². The fourth-order valence-electron chi connectivity index (χ4n) is 6.35. The van der Waals surface area contributed by atoms with Gasteiger partial charge in [-0.3, -0.25) is 9.46 Å². The van der Waals surface area contributed by atoms with Crippen LogP contribution in [0.1, 0.15) is 66.0 Å². The summed E-state index contributed by atoms with van der Waals surface area (Å²) in [6, 6.07) is -0.243. The summed E-state index contributed by atoms with van der Waals surface area (Å²) < 4.78 is 51.6. The van der Waals surface area contributed by atoms with Crippen molar-refractivity contribution in [1.29, 1.82) is 0 Å². The van der Waals surface area contributed by atoms with Crippen molar-refractivity contribution >= 4 is 42.1 Å². The van der Waals surface area contributed by atoms with Gasteiger partial charge in [0.15, 0.2) is 28.8 Å². The maximum Gasteiger partial charge on any atom is 0.413 e. The van der Waals surface area contributed by atoms with Crippen LogP contribution in [0.4, 0.5) is 10.6 Å². The topological polar surface area (TPSA) is 177 Å². The van der Waals surface area contributed by atoms with Crippen molar-refractivity contribution in [2.75, 3.05) is 31.3 Å². The number of fused-ring (bicyclic) bond motifs is 2. The van der Waals surface area contributed by atoms with Crippen molar-refractivity contribution in [3.05, 3.63) is 24.1 Å². The number of carboxylic acid groups (broad SMARTS) is 1. The minimum atomic E-state index is -3.99. The van der Waals surface area contributed by atoms with Crippen molar-refractivity contribution in [1.82, 2.24) is 19.7 Å². The molecule has 3 aliphatic rings. The summed E-state index contributed by atoms with van der Waals surface area (Å²) in [5.41, 5.74) is 0.251. The molecule has 5 atom stereocenters. The van der Waals surface area contributed by atoms with Gasteiger partial charge in [-0.2, -0.15) is 15.1 Å². The third-order valence-electron chi connectivity index (χ3n) is 8.22. The molecule has 2 N–H and O–H groups in total. The number of hydrogen-bond acceptors (Lipinski definition) is 12. The summed E-state index contributed by atoms with van der Waals surface area (Å²) in [5.74, 6) is -0.853. The lowest BCUT2D eigenvalue weighted by Gasteiger charge is -2.37. The van der Waals surface area contributed by atoms with E-state index in [1.165, 1.54) is 21.9 Å². The molecule has 4 heterocycles. The lowest BCUT2D eigenvalue weighted by Crippen LogP contribution is -2.42. The Bertz CT molecular complexity index is 1430. The Hall–Kier alpha value is -2.20. The maximum absolute atomic E-state index is 13.9. The van der Waals surface area contributed by atoms with E-state index in [1.54, 1.807) is 27.7 Å². The molecule has 2 aromatic heterocycles. The number of hydrogen-bond donors (Lipinski definition) is 2. The van der Waals surface area contributed by atoms with Gasteiger partial charge >= 0.3 is 13.7 Å². The van der Waals surface area contributed by atoms with E-state index in [2.05, 4.69) is 21.6 Å². The average molecular weight is 674 g/mol. The Labute approximate surface area is 266 Å². The Balaban J connectivity index is 1.49. The van der Waals surface area contributed by atoms with Crippen LogP contribution in [0.2, 0.25) is 5.28 Å². The molecule has 1 amide bonds. The van der Waals surface area contributed by atoms with Gasteiger partial charge in [0.05, 0.1) is 38.0 Å². The zero-order valence-electron chi connectivity index (χ0n) is 25.8. The molecule has 250 valence electrons. The smallest absolute Gasteiger partial charge is 0.413 e. The van der Waals surface area contributed by atoms with E-state index in [-0.39, 0.29) is 49.0 Å². The molecule has 1 saturated carbocycles. The zero-order chi connectivity index (χ0) is 32.6. The molecule has 3 fully saturated rings. The van der Waals surface area contributed by atoms with E-state index in [4.69, 9.17) is 39.6 Å². The van der Waals surface area contributed by atoms with E-state index in [1.807, 2.05) is 0 Å². The second-order valence-electron chi connectivity index (χ2n) is 11.6. The molecule has 2 saturated heterocycles. The number of aromatic nitrogens is 4. The van der Waals surface area contributed by atoms with Crippen LogP contribution in [0.3, 0.4) is 0 Å². The van der Waals surface area contributed by atoms with Crippen LogP contribution in [0.25, 0.3) is 11.0 Å². The fraction of sp³-hybridized carbons (Fsp3) is 0.714. The highest BCUT2D eigenvalue weighted by molar-refractivity contribution is 7.55. The SMILES string of the molecule is C=CCC(CO)(OC[C@H]1O[C@@H](n2ncc3c(N(C(=O)O)C4CCCC4)nc(Cl)nc32)[C@@H]2OC(C)(C)O[C@@H]21)P(=O)(OCC)OCC. The van der Waals surface area contributed by atoms with Gasteiger partial charge in [-0.15, -0.1) is 6.58 Å². The molecule has 0 spiro atoms. The van der Waals surface area contributed by atoms with Gasteiger partial charge in [0.2, 0.25) is 5.28 Å². The minimum absolute atomic E-state index is 0.0308. The highest BCUT2D eigenvalue weighted by Gasteiger charge is 2.58. The Morgan fingerprint density at radius 3 is 2.51 bits per heavy atom. The van der Waals surface area contributed by atoms with Crippen molar-refractivity contribution in [3.63, 3.8) is 0 Å². The first kappa shape index (κ1) is 34.1. The zero-order valence-corrected chi connectivity index (χ0v) is 27.5.